The zero-order chi connectivity index (χ0) is 18.4. The van der Waals surface area contributed by atoms with E-state index in [9.17, 15) is 4.39 Å². The van der Waals surface area contributed by atoms with Crippen molar-refractivity contribution in [2.75, 3.05) is 5.32 Å². The van der Waals surface area contributed by atoms with Crippen LogP contribution in [0, 0.1) is 5.82 Å². The van der Waals surface area contributed by atoms with Gasteiger partial charge in [0.1, 0.15) is 5.82 Å². The van der Waals surface area contributed by atoms with Crippen LogP contribution in [0.5, 0.6) is 0 Å². The summed E-state index contributed by atoms with van der Waals surface area (Å²) in [7, 11) is 0. The van der Waals surface area contributed by atoms with Gasteiger partial charge in [0.2, 0.25) is 5.95 Å². The van der Waals surface area contributed by atoms with E-state index in [-0.39, 0.29) is 11.9 Å². The molecular weight excluding hydrogens is 405 g/mol. The first-order valence-electron chi connectivity index (χ1n) is 8.67. The first kappa shape index (κ1) is 16.3. The molecule has 27 heavy (non-hydrogen) atoms. The highest BCUT2D eigenvalue weighted by atomic mass is 79.9. The Morgan fingerprint density at radius 2 is 1.78 bits per heavy atom. The van der Waals surface area contributed by atoms with Crippen molar-refractivity contribution in [3.05, 3.63) is 100 Å². The molecule has 1 atom stereocenters. The van der Waals surface area contributed by atoms with E-state index in [0.29, 0.717) is 11.5 Å². The molecule has 0 unspecified atom stereocenters. The molecule has 0 amide bonds. The number of benzene rings is 3. The minimum absolute atomic E-state index is 0.224. The van der Waals surface area contributed by atoms with Crippen LogP contribution in [0.4, 0.5) is 10.3 Å². The number of hydrogen-bond acceptors (Lipinski definition) is 2. The smallest absolute Gasteiger partial charge is 0.209 e. The summed E-state index contributed by atoms with van der Waals surface area (Å²) >= 11 is 3.52. The first-order chi connectivity index (χ1) is 13.2. The molecule has 3 nitrogen and oxygen atoms in total. The molecule has 0 aliphatic carbocycles. The van der Waals surface area contributed by atoms with Gasteiger partial charge in [-0.15, -0.1) is 0 Å². The monoisotopic (exact) mass is 419 g/mol. The van der Waals surface area contributed by atoms with Gasteiger partial charge < -0.3 is 5.32 Å². The van der Waals surface area contributed by atoms with Crippen LogP contribution in [0.3, 0.4) is 0 Å². The molecule has 0 bridgehead atoms. The maximum atomic E-state index is 14.7. The van der Waals surface area contributed by atoms with Crippen LogP contribution in [0.1, 0.15) is 17.2 Å². The van der Waals surface area contributed by atoms with Crippen LogP contribution in [0.2, 0.25) is 0 Å². The maximum absolute atomic E-state index is 14.7. The van der Waals surface area contributed by atoms with E-state index in [1.54, 1.807) is 6.07 Å². The van der Waals surface area contributed by atoms with E-state index >= 15 is 0 Å². The number of allylic oxidation sites excluding steroid dienone is 1. The van der Waals surface area contributed by atoms with Gasteiger partial charge in [0.05, 0.1) is 17.1 Å². The summed E-state index contributed by atoms with van der Waals surface area (Å²) in [4.78, 5) is 4.73. The molecule has 0 saturated carbocycles. The van der Waals surface area contributed by atoms with Gasteiger partial charge in [-0.3, -0.25) is 4.57 Å². The third kappa shape index (κ3) is 2.75. The van der Waals surface area contributed by atoms with Gasteiger partial charge in [0.15, 0.2) is 0 Å². The summed E-state index contributed by atoms with van der Waals surface area (Å²) in [5.41, 5.74) is 4.40. The average molecular weight is 420 g/mol. The molecule has 2 heterocycles. The third-order valence-electron chi connectivity index (χ3n) is 4.80. The Hall–Kier alpha value is -2.92. The molecule has 1 N–H and O–H groups in total. The molecule has 0 spiro atoms. The number of fused-ring (bicyclic) bond motifs is 3. The van der Waals surface area contributed by atoms with Crippen molar-refractivity contribution in [1.82, 2.24) is 9.55 Å². The van der Waals surface area contributed by atoms with Crippen molar-refractivity contribution in [3.63, 3.8) is 0 Å². The number of halogens is 2. The lowest BCUT2D eigenvalue weighted by atomic mass is 10.0. The third-order valence-corrected chi connectivity index (χ3v) is 5.30. The minimum atomic E-state index is -0.288. The van der Waals surface area contributed by atoms with Gasteiger partial charge in [-0.1, -0.05) is 58.4 Å². The highest BCUT2D eigenvalue weighted by molar-refractivity contribution is 9.10. The van der Waals surface area contributed by atoms with E-state index < -0.39 is 0 Å². The van der Waals surface area contributed by atoms with E-state index in [4.69, 9.17) is 4.98 Å². The van der Waals surface area contributed by atoms with E-state index in [0.717, 1.165) is 26.8 Å². The maximum Gasteiger partial charge on any atom is 0.209 e. The van der Waals surface area contributed by atoms with Crippen LogP contribution < -0.4 is 5.32 Å². The van der Waals surface area contributed by atoms with Gasteiger partial charge >= 0.3 is 0 Å². The Bertz CT molecular complexity index is 1200. The number of anilines is 1. The fourth-order valence-corrected chi connectivity index (χ4v) is 3.98. The average Bonchev–Trinajstić information content (AvgIpc) is 3.06. The molecule has 0 saturated heterocycles. The lowest BCUT2D eigenvalue weighted by molar-refractivity contribution is 0.583. The molecule has 1 aromatic heterocycles. The Labute approximate surface area is 164 Å². The Kier molecular flexibility index (Phi) is 3.83. The molecule has 5 rings (SSSR count). The quantitative estimate of drug-likeness (QED) is 0.432. The largest absolute Gasteiger partial charge is 0.325 e. The normalized spacial score (nSPS) is 15.9. The topological polar surface area (TPSA) is 29.9 Å². The molecule has 132 valence electrons. The van der Waals surface area contributed by atoms with Crippen LogP contribution in [-0.2, 0) is 0 Å². The zero-order valence-corrected chi connectivity index (χ0v) is 15.8. The Morgan fingerprint density at radius 3 is 2.63 bits per heavy atom. The molecule has 1 aliphatic heterocycles. The van der Waals surface area contributed by atoms with Gasteiger partial charge in [-0.05, 0) is 42.0 Å². The number of aromatic nitrogens is 2. The van der Waals surface area contributed by atoms with Gasteiger partial charge in [-0.25, -0.2) is 9.37 Å². The summed E-state index contributed by atoms with van der Waals surface area (Å²) < 4.78 is 17.7. The fourth-order valence-electron chi connectivity index (χ4n) is 3.58. The van der Waals surface area contributed by atoms with Crippen molar-refractivity contribution >= 4 is 38.6 Å². The highest BCUT2D eigenvalue weighted by Gasteiger charge is 2.26. The minimum Gasteiger partial charge on any atom is -0.325 e. The standard InChI is InChI=1S/C22H15BrFN3/c23-15-7-5-6-14(12-15)19-13-21(16-8-1-2-9-17(16)24)27-20-11-4-3-10-18(20)25-22(27)26-19/h1-13,21H,(H,25,26)/t21-/m0/s1. The van der Waals surface area contributed by atoms with Crippen LogP contribution in [0.15, 0.2) is 83.3 Å². The van der Waals surface area contributed by atoms with Crippen molar-refractivity contribution in [2.24, 2.45) is 0 Å². The van der Waals surface area contributed by atoms with E-state index in [1.807, 2.05) is 60.7 Å². The van der Waals surface area contributed by atoms with Crippen LogP contribution in [0.25, 0.3) is 16.7 Å². The summed E-state index contributed by atoms with van der Waals surface area (Å²) in [5.74, 6) is 0.486. The van der Waals surface area contributed by atoms with Gasteiger partial charge in [0, 0.05) is 15.7 Å². The SMILES string of the molecule is Fc1ccccc1[C@@H]1C=C(c2cccc(Br)c2)Nc2nc3ccccc3n21. The summed E-state index contributed by atoms with van der Waals surface area (Å²) in [6.45, 7) is 0. The number of imidazole rings is 1. The summed E-state index contributed by atoms with van der Waals surface area (Å²) in [6.07, 6.45) is 2.06. The van der Waals surface area contributed by atoms with Crippen molar-refractivity contribution < 1.29 is 4.39 Å². The second-order valence-corrected chi connectivity index (χ2v) is 7.39. The van der Waals surface area contributed by atoms with Gasteiger partial charge in [0.25, 0.3) is 0 Å². The molecule has 3 aromatic carbocycles. The Balaban J connectivity index is 1.75. The molecule has 1 aliphatic rings. The van der Waals surface area contributed by atoms with Gasteiger partial charge in [-0.2, -0.15) is 0 Å². The van der Waals surface area contributed by atoms with E-state index in [1.165, 1.54) is 6.07 Å². The van der Waals surface area contributed by atoms with Crippen molar-refractivity contribution in [2.45, 2.75) is 6.04 Å². The molecule has 4 aromatic rings. The number of hydrogen-bond donors (Lipinski definition) is 1. The molecule has 0 fully saturated rings. The number of nitrogens with one attached hydrogen (secondary N) is 1. The van der Waals surface area contributed by atoms with Crippen LogP contribution in [-0.4, -0.2) is 9.55 Å². The second kappa shape index (κ2) is 6.35. The van der Waals surface area contributed by atoms with Crippen molar-refractivity contribution in [1.29, 1.82) is 0 Å². The molecule has 5 heteroatoms. The number of para-hydroxylation sites is 2. The Morgan fingerprint density at radius 1 is 0.963 bits per heavy atom. The second-order valence-electron chi connectivity index (χ2n) is 6.48. The lowest BCUT2D eigenvalue weighted by Crippen LogP contribution is -2.20. The number of nitrogens with zero attached hydrogens (tertiary/aromatic N) is 2. The lowest BCUT2D eigenvalue weighted by Gasteiger charge is -2.27. The van der Waals surface area contributed by atoms with E-state index in [2.05, 4.69) is 31.9 Å². The summed E-state index contributed by atoms with van der Waals surface area (Å²) in [5, 5.41) is 3.42. The zero-order valence-electron chi connectivity index (χ0n) is 14.2. The summed E-state index contributed by atoms with van der Waals surface area (Å²) in [6, 6.07) is 22.6. The van der Waals surface area contributed by atoms with Crippen LogP contribution >= 0.6 is 15.9 Å². The fraction of sp³-hybridized carbons (Fsp3) is 0.0455. The molecule has 0 radical (unpaired) electrons. The predicted octanol–water partition coefficient (Wildman–Crippen LogP) is 5.99. The van der Waals surface area contributed by atoms with Crippen molar-refractivity contribution in [3.8, 4) is 0 Å². The molecular formula is C22H15BrFN3. The first-order valence-corrected chi connectivity index (χ1v) is 9.46. The highest BCUT2D eigenvalue weighted by Crippen LogP contribution is 2.37. The number of rotatable bonds is 2. The predicted molar refractivity (Wildman–Crippen MR) is 110 cm³/mol.